The summed E-state index contributed by atoms with van der Waals surface area (Å²) in [6.45, 7) is 0.797. The van der Waals surface area contributed by atoms with Gasteiger partial charge in [0, 0.05) is 24.4 Å². The summed E-state index contributed by atoms with van der Waals surface area (Å²) >= 11 is 0. The number of benzene rings is 2. The van der Waals surface area contributed by atoms with Gasteiger partial charge in [-0.05, 0) is 41.5 Å². The molecule has 1 aliphatic heterocycles. The van der Waals surface area contributed by atoms with E-state index >= 15 is 0 Å². The third kappa shape index (κ3) is 3.13. The molecule has 0 saturated carbocycles. The Hall–Kier alpha value is -2.92. The first-order valence-electron chi connectivity index (χ1n) is 8.62. The molecule has 0 amide bonds. The molecule has 0 aliphatic carbocycles. The van der Waals surface area contributed by atoms with E-state index in [0.29, 0.717) is 31.8 Å². The van der Waals surface area contributed by atoms with Gasteiger partial charge >= 0.3 is 5.97 Å². The summed E-state index contributed by atoms with van der Waals surface area (Å²) in [6, 6.07) is 17.6. The molecule has 132 valence electrons. The highest BCUT2D eigenvalue weighted by atomic mass is 16.5. The lowest BCUT2D eigenvalue weighted by atomic mass is 9.94. The number of rotatable bonds is 4. The molecule has 2 aromatic carbocycles. The van der Waals surface area contributed by atoms with Crippen molar-refractivity contribution in [2.75, 3.05) is 13.2 Å². The van der Waals surface area contributed by atoms with Crippen molar-refractivity contribution in [1.82, 2.24) is 4.98 Å². The molecule has 2 heterocycles. The second kappa shape index (κ2) is 6.77. The molecule has 5 heteroatoms. The molecule has 1 N–H and O–H groups in total. The third-order valence-corrected chi connectivity index (χ3v) is 4.79. The molecular formula is C21H19NO4. The molecule has 26 heavy (non-hydrogen) atoms. The Labute approximate surface area is 151 Å². The summed E-state index contributed by atoms with van der Waals surface area (Å²) in [5.74, 6) is -0.382. The number of carboxylic acid groups (broad SMARTS) is 1. The van der Waals surface area contributed by atoms with Gasteiger partial charge < -0.3 is 14.6 Å². The highest BCUT2D eigenvalue weighted by Crippen LogP contribution is 2.30. The number of aliphatic carboxylic acids is 1. The van der Waals surface area contributed by atoms with Crippen LogP contribution in [0.5, 0.6) is 5.75 Å². The van der Waals surface area contributed by atoms with Crippen molar-refractivity contribution in [3.8, 4) is 16.9 Å². The first-order valence-corrected chi connectivity index (χ1v) is 8.62. The van der Waals surface area contributed by atoms with Gasteiger partial charge in [-0.15, -0.1) is 0 Å². The van der Waals surface area contributed by atoms with Crippen LogP contribution in [0.1, 0.15) is 12.8 Å². The number of aromatic nitrogens is 1. The van der Waals surface area contributed by atoms with E-state index in [1.165, 1.54) is 0 Å². The van der Waals surface area contributed by atoms with Gasteiger partial charge in [0.1, 0.15) is 5.75 Å². The number of hydrogen-bond donors (Lipinski definition) is 1. The SMILES string of the molecule is O=C(O)C1(Oc2ccc(-c3ccc4ncccc4c3)cc2)CCOCC1. The molecule has 3 aromatic rings. The molecule has 5 nitrogen and oxygen atoms in total. The number of fused-ring (bicyclic) bond motifs is 1. The Balaban J connectivity index is 1.58. The minimum Gasteiger partial charge on any atom is -0.478 e. The van der Waals surface area contributed by atoms with Crippen LogP contribution < -0.4 is 4.74 Å². The van der Waals surface area contributed by atoms with Crippen LogP contribution in [0.15, 0.2) is 60.8 Å². The number of carbonyl (C=O) groups is 1. The molecule has 1 aromatic heterocycles. The van der Waals surface area contributed by atoms with Crippen molar-refractivity contribution in [3.63, 3.8) is 0 Å². The van der Waals surface area contributed by atoms with Gasteiger partial charge in [0.05, 0.1) is 18.7 Å². The maximum absolute atomic E-state index is 11.7. The van der Waals surface area contributed by atoms with Crippen molar-refractivity contribution in [2.45, 2.75) is 18.4 Å². The number of ether oxygens (including phenoxy) is 2. The zero-order valence-corrected chi connectivity index (χ0v) is 14.2. The summed E-state index contributed by atoms with van der Waals surface area (Å²) in [6.07, 6.45) is 2.48. The Morgan fingerprint density at radius 2 is 1.77 bits per heavy atom. The molecule has 0 bridgehead atoms. The van der Waals surface area contributed by atoms with Gasteiger partial charge in [-0.2, -0.15) is 0 Å². The summed E-state index contributed by atoms with van der Waals surface area (Å²) in [4.78, 5) is 16.0. The zero-order valence-electron chi connectivity index (χ0n) is 14.2. The Kier molecular flexibility index (Phi) is 4.31. The van der Waals surface area contributed by atoms with Crippen molar-refractivity contribution in [2.24, 2.45) is 0 Å². The quantitative estimate of drug-likeness (QED) is 0.773. The minimum atomic E-state index is -1.20. The van der Waals surface area contributed by atoms with E-state index in [4.69, 9.17) is 9.47 Å². The Morgan fingerprint density at radius 1 is 1.04 bits per heavy atom. The molecular weight excluding hydrogens is 330 g/mol. The van der Waals surface area contributed by atoms with Gasteiger partial charge in [0.2, 0.25) is 5.60 Å². The van der Waals surface area contributed by atoms with E-state index in [1.807, 2.05) is 48.5 Å². The van der Waals surface area contributed by atoms with Crippen molar-refractivity contribution in [3.05, 3.63) is 60.8 Å². The van der Waals surface area contributed by atoms with Crippen molar-refractivity contribution < 1.29 is 19.4 Å². The standard InChI is InChI=1S/C21H19NO4/c23-20(24)21(9-12-25-13-10-21)26-18-6-3-15(4-7-18)16-5-8-19-17(14-16)2-1-11-22-19/h1-8,11,14H,9-10,12-13H2,(H,23,24). The molecule has 4 rings (SSSR count). The molecule has 0 radical (unpaired) electrons. The van der Waals surface area contributed by atoms with Gasteiger partial charge in [-0.1, -0.05) is 24.3 Å². The van der Waals surface area contributed by atoms with Gasteiger partial charge in [0.25, 0.3) is 0 Å². The fourth-order valence-electron chi connectivity index (χ4n) is 3.26. The van der Waals surface area contributed by atoms with Gasteiger partial charge in [0.15, 0.2) is 0 Å². The van der Waals surface area contributed by atoms with Crippen LogP contribution in [-0.2, 0) is 9.53 Å². The lowest BCUT2D eigenvalue weighted by Gasteiger charge is -2.33. The molecule has 0 unspecified atom stereocenters. The number of nitrogens with zero attached hydrogens (tertiary/aromatic N) is 1. The summed E-state index contributed by atoms with van der Waals surface area (Å²) in [5.41, 5.74) is 1.88. The molecule has 1 saturated heterocycles. The molecule has 1 aliphatic rings. The second-order valence-corrected chi connectivity index (χ2v) is 6.45. The molecule has 0 spiro atoms. The van der Waals surface area contributed by atoms with Gasteiger partial charge in [-0.25, -0.2) is 4.79 Å². The largest absolute Gasteiger partial charge is 0.478 e. The predicted octanol–water partition coefficient (Wildman–Crippen LogP) is 3.91. The summed E-state index contributed by atoms with van der Waals surface area (Å²) in [7, 11) is 0. The van der Waals surface area contributed by atoms with E-state index in [1.54, 1.807) is 6.20 Å². The van der Waals surface area contributed by atoms with Crippen LogP contribution in [0.4, 0.5) is 0 Å². The normalized spacial score (nSPS) is 16.3. The van der Waals surface area contributed by atoms with E-state index in [9.17, 15) is 9.90 Å². The first kappa shape index (κ1) is 16.5. The van der Waals surface area contributed by atoms with E-state index in [0.717, 1.165) is 22.0 Å². The Morgan fingerprint density at radius 3 is 2.50 bits per heavy atom. The third-order valence-electron chi connectivity index (χ3n) is 4.79. The van der Waals surface area contributed by atoms with E-state index < -0.39 is 11.6 Å². The zero-order chi connectivity index (χ0) is 18.0. The minimum absolute atomic E-state index is 0.349. The predicted molar refractivity (Wildman–Crippen MR) is 98.2 cm³/mol. The lowest BCUT2D eigenvalue weighted by Crippen LogP contribution is -2.49. The highest BCUT2D eigenvalue weighted by molar-refractivity contribution is 5.84. The highest BCUT2D eigenvalue weighted by Gasteiger charge is 2.42. The fraction of sp³-hybridized carbons (Fsp3) is 0.238. The smallest absolute Gasteiger partial charge is 0.348 e. The maximum atomic E-state index is 11.7. The average Bonchev–Trinajstić information content (AvgIpc) is 2.69. The second-order valence-electron chi connectivity index (χ2n) is 6.45. The molecule has 0 atom stereocenters. The summed E-state index contributed by atoms with van der Waals surface area (Å²) in [5, 5.41) is 10.7. The van der Waals surface area contributed by atoms with Crippen LogP contribution in [0, 0.1) is 0 Å². The number of carboxylic acids is 1. The topological polar surface area (TPSA) is 68.7 Å². The van der Waals surface area contributed by atoms with Crippen LogP contribution in [0.25, 0.3) is 22.0 Å². The fourth-order valence-corrected chi connectivity index (χ4v) is 3.26. The van der Waals surface area contributed by atoms with Gasteiger partial charge in [-0.3, -0.25) is 4.98 Å². The van der Waals surface area contributed by atoms with Crippen molar-refractivity contribution in [1.29, 1.82) is 0 Å². The first-order chi connectivity index (χ1) is 12.7. The van der Waals surface area contributed by atoms with E-state index in [-0.39, 0.29) is 0 Å². The van der Waals surface area contributed by atoms with Crippen LogP contribution in [0.2, 0.25) is 0 Å². The summed E-state index contributed by atoms with van der Waals surface area (Å²) < 4.78 is 11.2. The maximum Gasteiger partial charge on any atom is 0.348 e. The lowest BCUT2D eigenvalue weighted by molar-refractivity contribution is -0.163. The van der Waals surface area contributed by atoms with E-state index in [2.05, 4.69) is 11.1 Å². The van der Waals surface area contributed by atoms with Crippen LogP contribution in [-0.4, -0.2) is 34.9 Å². The van der Waals surface area contributed by atoms with Crippen LogP contribution in [0.3, 0.4) is 0 Å². The van der Waals surface area contributed by atoms with Crippen molar-refractivity contribution >= 4 is 16.9 Å². The Bertz CT molecular complexity index is 930. The number of pyridine rings is 1. The van der Waals surface area contributed by atoms with Crippen LogP contribution >= 0.6 is 0 Å². The number of hydrogen-bond acceptors (Lipinski definition) is 4. The molecule has 1 fully saturated rings. The average molecular weight is 349 g/mol. The monoisotopic (exact) mass is 349 g/mol.